The summed E-state index contributed by atoms with van der Waals surface area (Å²) in [5.74, 6) is 0.286. The third-order valence-corrected chi connectivity index (χ3v) is 5.36. The van der Waals surface area contributed by atoms with Crippen LogP contribution in [0.25, 0.3) is 10.6 Å². The van der Waals surface area contributed by atoms with Gasteiger partial charge in [0.15, 0.2) is 5.01 Å². The molecule has 2 aromatic rings. The summed E-state index contributed by atoms with van der Waals surface area (Å²) in [4.78, 5) is 28.2. The van der Waals surface area contributed by atoms with Crippen molar-refractivity contribution in [2.45, 2.75) is 26.3 Å². The molecule has 0 spiro atoms. The standard InChI is InChI=1S/C18H25N5O3S/c1-4-26-15-11-19-9-13(22-15)14-10-21-17(27-14)16(24)20-5-6-23-7-8-25-12-18(23,2)3/h9-11H,4-8,12H2,1-3H3,(H,20,24). The van der Waals surface area contributed by atoms with Gasteiger partial charge in [0.05, 0.1) is 37.1 Å². The normalized spacial score (nSPS) is 16.9. The maximum absolute atomic E-state index is 12.4. The molecule has 3 heterocycles. The van der Waals surface area contributed by atoms with Crippen LogP contribution < -0.4 is 10.1 Å². The van der Waals surface area contributed by atoms with Gasteiger partial charge in [-0.2, -0.15) is 0 Å². The summed E-state index contributed by atoms with van der Waals surface area (Å²) >= 11 is 1.29. The lowest BCUT2D eigenvalue weighted by molar-refractivity contribution is -0.0498. The molecule has 1 N–H and O–H groups in total. The maximum atomic E-state index is 12.4. The van der Waals surface area contributed by atoms with Crippen molar-refractivity contribution in [1.29, 1.82) is 0 Å². The first-order valence-electron chi connectivity index (χ1n) is 9.01. The van der Waals surface area contributed by atoms with Crippen LogP contribution in [0.2, 0.25) is 0 Å². The van der Waals surface area contributed by atoms with Crippen LogP contribution in [0, 0.1) is 0 Å². The Bertz CT molecular complexity index is 780. The van der Waals surface area contributed by atoms with Gasteiger partial charge in [0.2, 0.25) is 5.88 Å². The number of ether oxygens (including phenoxy) is 2. The SMILES string of the molecule is CCOc1cncc(-c2cnc(C(=O)NCCN3CCOCC3(C)C)s2)n1. The van der Waals surface area contributed by atoms with Gasteiger partial charge in [0.1, 0.15) is 5.69 Å². The van der Waals surface area contributed by atoms with Crippen LogP contribution in [-0.2, 0) is 4.74 Å². The summed E-state index contributed by atoms with van der Waals surface area (Å²) in [6.45, 7) is 10.4. The van der Waals surface area contributed by atoms with Crippen LogP contribution in [0.15, 0.2) is 18.6 Å². The second-order valence-electron chi connectivity index (χ2n) is 6.81. The second kappa shape index (κ2) is 8.73. The summed E-state index contributed by atoms with van der Waals surface area (Å²) < 4.78 is 10.9. The van der Waals surface area contributed by atoms with Gasteiger partial charge in [-0.3, -0.25) is 14.7 Å². The number of nitrogens with one attached hydrogen (secondary N) is 1. The van der Waals surface area contributed by atoms with E-state index in [0.29, 0.717) is 36.3 Å². The Morgan fingerprint density at radius 1 is 1.41 bits per heavy atom. The predicted molar refractivity (Wildman–Crippen MR) is 103 cm³/mol. The second-order valence-corrected chi connectivity index (χ2v) is 7.84. The van der Waals surface area contributed by atoms with E-state index in [9.17, 15) is 4.79 Å². The number of morpholine rings is 1. The van der Waals surface area contributed by atoms with Crippen molar-refractivity contribution in [3.05, 3.63) is 23.6 Å². The molecule has 1 aliphatic rings. The highest BCUT2D eigenvalue weighted by molar-refractivity contribution is 7.16. The van der Waals surface area contributed by atoms with E-state index in [0.717, 1.165) is 24.6 Å². The summed E-state index contributed by atoms with van der Waals surface area (Å²) in [5, 5.41) is 3.36. The smallest absolute Gasteiger partial charge is 0.280 e. The van der Waals surface area contributed by atoms with Gasteiger partial charge in [-0.15, -0.1) is 11.3 Å². The molecule has 1 aliphatic heterocycles. The third kappa shape index (κ3) is 5.00. The molecule has 8 nitrogen and oxygen atoms in total. The van der Waals surface area contributed by atoms with Crippen LogP contribution in [0.5, 0.6) is 5.88 Å². The molecule has 1 saturated heterocycles. The van der Waals surface area contributed by atoms with E-state index in [4.69, 9.17) is 9.47 Å². The molecule has 0 aromatic carbocycles. The zero-order valence-corrected chi connectivity index (χ0v) is 16.7. The number of thiazole rings is 1. The first-order chi connectivity index (χ1) is 13.0. The highest BCUT2D eigenvalue weighted by Gasteiger charge is 2.30. The average molecular weight is 391 g/mol. The molecular weight excluding hydrogens is 366 g/mol. The molecule has 1 fully saturated rings. The highest BCUT2D eigenvalue weighted by atomic mass is 32.1. The zero-order valence-electron chi connectivity index (χ0n) is 15.9. The Balaban J connectivity index is 1.56. The van der Waals surface area contributed by atoms with E-state index >= 15 is 0 Å². The molecule has 9 heteroatoms. The Hall–Kier alpha value is -2.10. The molecule has 2 aromatic heterocycles. The van der Waals surface area contributed by atoms with E-state index in [1.165, 1.54) is 11.3 Å². The van der Waals surface area contributed by atoms with Crippen molar-refractivity contribution >= 4 is 17.2 Å². The number of carbonyl (C=O) groups is 1. The molecular formula is C18H25N5O3S. The van der Waals surface area contributed by atoms with E-state index in [2.05, 4.69) is 39.0 Å². The Kier molecular flexibility index (Phi) is 6.35. The highest BCUT2D eigenvalue weighted by Crippen LogP contribution is 2.25. The third-order valence-electron chi connectivity index (χ3n) is 4.34. The van der Waals surface area contributed by atoms with Gasteiger partial charge in [-0.1, -0.05) is 0 Å². The Labute approximate surface area is 162 Å². The van der Waals surface area contributed by atoms with Crippen LogP contribution >= 0.6 is 11.3 Å². The lowest BCUT2D eigenvalue weighted by Gasteiger charge is -2.42. The van der Waals surface area contributed by atoms with Crippen LogP contribution in [0.3, 0.4) is 0 Å². The van der Waals surface area contributed by atoms with Gasteiger partial charge in [0.25, 0.3) is 5.91 Å². The number of hydrogen-bond donors (Lipinski definition) is 1. The Morgan fingerprint density at radius 3 is 3.04 bits per heavy atom. The van der Waals surface area contributed by atoms with Crippen LogP contribution in [-0.4, -0.2) is 70.8 Å². The summed E-state index contributed by atoms with van der Waals surface area (Å²) in [6.07, 6.45) is 4.84. The molecule has 0 atom stereocenters. The van der Waals surface area contributed by atoms with E-state index in [1.807, 2.05) is 6.92 Å². The van der Waals surface area contributed by atoms with Gasteiger partial charge in [0, 0.05) is 31.4 Å². The zero-order chi connectivity index (χ0) is 19.3. The largest absolute Gasteiger partial charge is 0.477 e. The number of nitrogens with zero attached hydrogens (tertiary/aromatic N) is 4. The van der Waals surface area contributed by atoms with Crippen molar-refractivity contribution in [1.82, 2.24) is 25.2 Å². The van der Waals surface area contributed by atoms with E-state index in [-0.39, 0.29) is 11.4 Å². The van der Waals surface area contributed by atoms with Crippen molar-refractivity contribution in [2.24, 2.45) is 0 Å². The minimum atomic E-state index is -0.175. The quantitative estimate of drug-likeness (QED) is 0.770. The topological polar surface area (TPSA) is 89.5 Å². The van der Waals surface area contributed by atoms with Crippen molar-refractivity contribution in [3.8, 4) is 16.5 Å². The number of carbonyl (C=O) groups excluding carboxylic acids is 1. The van der Waals surface area contributed by atoms with Gasteiger partial charge in [-0.25, -0.2) is 9.97 Å². The van der Waals surface area contributed by atoms with Gasteiger partial charge in [-0.05, 0) is 20.8 Å². The number of rotatable bonds is 7. The molecule has 146 valence electrons. The molecule has 0 bridgehead atoms. The van der Waals surface area contributed by atoms with Gasteiger partial charge >= 0.3 is 0 Å². The van der Waals surface area contributed by atoms with Crippen LogP contribution in [0.1, 0.15) is 30.6 Å². The molecule has 0 unspecified atom stereocenters. The van der Waals surface area contributed by atoms with E-state index in [1.54, 1.807) is 18.6 Å². The fourth-order valence-electron chi connectivity index (χ4n) is 2.87. The predicted octanol–water partition coefficient (Wildman–Crippen LogP) is 1.84. The van der Waals surface area contributed by atoms with E-state index < -0.39 is 0 Å². The number of hydrogen-bond acceptors (Lipinski definition) is 8. The fraction of sp³-hybridized carbons (Fsp3) is 0.556. The summed E-state index contributed by atoms with van der Waals surface area (Å²) in [5.41, 5.74) is 0.634. The lowest BCUT2D eigenvalue weighted by Crippen LogP contribution is -2.54. The molecule has 27 heavy (non-hydrogen) atoms. The molecule has 3 rings (SSSR count). The number of amides is 1. The Morgan fingerprint density at radius 2 is 2.26 bits per heavy atom. The molecule has 0 saturated carbocycles. The minimum Gasteiger partial charge on any atom is -0.477 e. The summed E-state index contributed by atoms with van der Waals surface area (Å²) in [6, 6.07) is 0. The van der Waals surface area contributed by atoms with Crippen molar-refractivity contribution in [2.75, 3.05) is 39.5 Å². The summed E-state index contributed by atoms with van der Waals surface area (Å²) in [7, 11) is 0. The molecule has 0 aliphatic carbocycles. The van der Waals surface area contributed by atoms with Crippen molar-refractivity contribution < 1.29 is 14.3 Å². The lowest BCUT2D eigenvalue weighted by atomic mass is 10.0. The monoisotopic (exact) mass is 391 g/mol. The minimum absolute atomic E-state index is 0.0123. The first-order valence-corrected chi connectivity index (χ1v) is 9.83. The fourth-order valence-corrected chi connectivity index (χ4v) is 3.65. The van der Waals surface area contributed by atoms with Crippen LogP contribution in [0.4, 0.5) is 0 Å². The van der Waals surface area contributed by atoms with Gasteiger partial charge < -0.3 is 14.8 Å². The average Bonchev–Trinajstić information content (AvgIpc) is 3.14. The first kappa shape index (κ1) is 19.7. The molecule has 1 amide bonds. The number of aromatic nitrogens is 3. The molecule has 0 radical (unpaired) electrons. The van der Waals surface area contributed by atoms with Crippen molar-refractivity contribution in [3.63, 3.8) is 0 Å². The maximum Gasteiger partial charge on any atom is 0.280 e.